The molecular formula is C23H19N5O7. The van der Waals surface area contributed by atoms with Crippen molar-refractivity contribution in [1.29, 1.82) is 0 Å². The molecule has 4 aromatic rings. The molecular weight excluding hydrogens is 458 g/mol. The molecule has 2 aromatic carbocycles. The highest BCUT2D eigenvalue weighted by molar-refractivity contribution is 6.02. The number of carbonyl (C=O) groups is 1. The summed E-state index contributed by atoms with van der Waals surface area (Å²) in [5.74, 6) is 0.339. The van der Waals surface area contributed by atoms with Gasteiger partial charge in [-0.15, -0.1) is 0 Å². The highest BCUT2D eigenvalue weighted by atomic mass is 16.6. The fourth-order valence-electron chi connectivity index (χ4n) is 3.42. The number of nitro benzene ring substituents is 1. The maximum atomic E-state index is 12.7. The molecule has 4 rings (SSSR count). The number of ether oxygens (including phenoxy) is 1. The normalized spacial score (nSPS) is 10.7. The largest absolute Gasteiger partial charge is 0.457 e. The van der Waals surface area contributed by atoms with Gasteiger partial charge in [-0.25, -0.2) is 0 Å². The Kier molecular flexibility index (Phi) is 6.27. The van der Waals surface area contributed by atoms with Crippen molar-refractivity contribution in [3.8, 4) is 11.5 Å². The van der Waals surface area contributed by atoms with E-state index in [1.807, 2.05) is 19.9 Å². The molecule has 0 saturated carbocycles. The van der Waals surface area contributed by atoms with E-state index in [0.29, 0.717) is 11.5 Å². The van der Waals surface area contributed by atoms with E-state index in [1.165, 1.54) is 41.2 Å². The van der Waals surface area contributed by atoms with Gasteiger partial charge < -0.3 is 14.5 Å². The van der Waals surface area contributed by atoms with Gasteiger partial charge in [-0.2, -0.15) is 5.10 Å². The van der Waals surface area contributed by atoms with Gasteiger partial charge in [0.05, 0.1) is 28.1 Å². The molecule has 0 aliphatic carbocycles. The van der Waals surface area contributed by atoms with E-state index < -0.39 is 15.8 Å². The lowest BCUT2D eigenvalue weighted by Crippen LogP contribution is -2.11. The van der Waals surface area contributed by atoms with E-state index in [1.54, 1.807) is 12.1 Å². The Bertz CT molecular complexity index is 1420. The molecule has 35 heavy (non-hydrogen) atoms. The lowest BCUT2D eigenvalue weighted by molar-refractivity contribution is -0.385. The van der Waals surface area contributed by atoms with E-state index in [9.17, 15) is 25.0 Å². The maximum Gasteiger partial charge on any atom is 0.307 e. The van der Waals surface area contributed by atoms with Crippen molar-refractivity contribution in [3.05, 3.63) is 104 Å². The van der Waals surface area contributed by atoms with Crippen LogP contribution in [0.3, 0.4) is 0 Å². The van der Waals surface area contributed by atoms with Crippen LogP contribution in [0.5, 0.6) is 11.5 Å². The summed E-state index contributed by atoms with van der Waals surface area (Å²) >= 11 is 0. The number of benzene rings is 2. The SMILES string of the molecule is Cc1cc(C)cc(Oc2cc(NC(=O)c3ccc(Cn4cc([N+](=O)[O-])cn4)o3)cc([N+](=O)[O-])c2)c1. The van der Waals surface area contributed by atoms with Crippen molar-refractivity contribution in [3.63, 3.8) is 0 Å². The highest BCUT2D eigenvalue weighted by Crippen LogP contribution is 2.31. The number of aromatic nitrogens is 2. The zero-order chi connectivity index (χ0) is 25.1. The second-order valence-corrected chi connectivity index (χ2v) is 7.77. The van der Waals surface area contributed by atoms with Crippen molar-refractivity contribution in [2.24, 2.45) is 0 Å². The number of rotatable bonds is 8. The molecule has 1 N–H and O–H groups in total. The van der Waals surface area contributed by atoms with Crippen LogP contribution in [0.4, 0.5) is 17.1 Å². The molecule has 12 heteroatoms. The van der Waals surface area contributed by atoms with E-state index in [-0.39, 0.29) is 35.1 Å². The molecule has 12 nitrogen and oxygen atoms in total. The van der Waals surface area contributed by atoms with Crippen molar-refractivity contribution in [2.45, 2.75) is 20.4 Å². The number of hydrogen-bond donors (Lipinski definition) is 1. The first-order valence-electron chi connectivity index (χ1n) is 10.3. The van der Waals surface area contributed by atoms with Gasteiger partial charge in [0.1, 0.15) is 29.7 Å². The van der Waals surface area contributed by atoms with Crippen LogP contribution in [0.1, 0.15) is 27.4 Å². The van der Waals surface area contributed by atoms with E-state index in [2.05, 4.69) is 10.4 Å². The number of nitrogens with zero attached hydrogens (tertiary/aromatic N) is 4. The molecule has 0 fully saturated rings. The van der Waals surface area contributed by atoms with Crippen LogP contribution in [0, 0.1) is 34.1 Å². The Morgan fingerprint density at radius 2 is 1.69 bits per heavy atom. The summed E-state index contributed by atoms with van der Waals surface area (Å²) in [6.45, 7) is 3.89. The van der Waals surface area contributed by atoms with Gasteiger partial charge >= 0.3 is 5.69 Å². The zero-order valence-electron chi connectivity index (χ0n) is 18.6. The molecule has 0 spiro atoms. The average Bonchev–Trinajstić information content (AvgIpc) is 3.43. The number of carbonyl (C=O) groups excluding carboxylic acids is 1. The second kappa shape index (κ2) is 9.47. The van der Waals surface area contributed by atoms with Crippen LogP contribution < -0.4 is 10.1 Å². The molecule has 0 saturated heterocycles. The summed E-state index contributed by atoms with van der Waals surface area (Å²) in [5, 5.41) is 28.6. The van der Waals surface area contributed by atoms with Crippen molar-refractivity contribution < 1.29 is 23.8 Å². The monoisotopic (exact) mass is 477 g/mol. The van der Waals surface area contributed by atoms with Crippen LogP contribution in [0.25, 0.3) is 0 Å². The third kappa shape index (κ3) is 5.68. The van der Waals surface area contributed by atoms with Crippen LogP contribution in [0.15, 0.2) is 65.3 Å². The van der Waals surface area contributed by atoms with Gasteiger partial charge in [0.2, 0.25) is 0 Å². The molecule has 0 radical (unpaired) electrons. The van der Waals surface area contributed by atoms with E-state index >= 15 is 0 Å². The fraction of sp³-hybridized carbons (Fsp3) is 0.130. The molecule has 0 bridgehead atoms. The topological polar surface area (TPSA) is 156 Å². The third-order valence-electron chi connectivity index (χ3n) is 4.82. The predicted octanol–water partition coefficient (Wildman–Crippen LogP) is 5.00. The first-order chi connectivity index (χ1) is 16.7. The number of aryl methyl sites for hydroxylation is 2. The lowest BCUT2D eigenvalue weighted by atomic mass is 10.1. The second-order valence-electron chi connectivity index (χ2n) is 7.77. The summed E-state index contributed by atoms with van der Waals surface area (Å²) < 4.78 is 12.6. The fourth-order valence-corrected chi connectivity index (χ4v) is 3.42. The molecule has 1 amide bonds. The van der Waals surface area contributed by atoms with Crippen molar-refractivity contribution >= 4 is 23.0 Å². The number of hydrogen-bond acceptors (Lipinski definition) is 8. The quantitative estimate of drug-likeness (QED) is 0.274. The average molecular weight is 477 g/mol. The lowest BCUT2D eigenvalue weighted by Gasteiger charge is -2.10. The summed E-state index contributed by atoms with van der Waals surface area (Å²) in [6, 6.07) is 12.5. The van der Waals surface area contributed by atoms with Crippen LogP contribution in [-0.4, -0.2) is 25.5 Å². The van der Waals surface area contributed by atoms with Gasteiger partial charge in [0.25, 0.3) is 11.6 Å². The molecule has 178 valence electrons. The van der Waals surface area contributed by atoms with E-state index in [4.69, 9.17) is 9.15 Å². The van der Waals surface area contributed by atoms with Crippen LogP contribution >= 0.6 is 0 Å². The molecule has 0 unspecified atom stereocenters. The Hall–Kier alpha value is -5.00. The third-order valence-corrected chi connectivity index (χ3v) is 4.82. The number of nitrogens with one attached hydrogen (secondary N) is 1. The van der Waals surface area contributed by atoms with Gasteiger partial charge in [-0.05, 0) is 49.2 Å². The van der Waals surface area contributed by atoms with Gasteiger partial charge in [0, 0.05) is 12.1 Å². The minimum absolute atomic E-state index is 0.0510. The molecule has 0 aliphatic heterocycles. The number of anilines is 1. The van der Waals surface area contributed by atoms with Gasteiger partial charge in [-0.1, -0.05) is 6.07 Å². The van der Waals surface area contributed by atoms with Gasteiger partial charge in [-0.3, -0.25) is 29.7 Å². The predicted molar refractivity (Wildman–Crippen MR) is 124 cm³/mol. The maximum absolute atomic E-state index is 12.7. The Labute approximate surface area is 198 Å². The summed E-state index contributed by atoms with van der Waals surface area (Å²) in [7, 11) is 0. The molecule has 0 aliphatic rings. The standard InChI is InChI=1S/C23H19N5O7/c1-14-5-15(2)7-20(6-14)34-21-9-16(8-17(10-21)27(30)31)25-23(29)22-4-3-19(35-22)13-26-12-18(11-24-26)28(32)33/h3-12H,13H2,1-2H3,(H,25,29). The molecule has 0 atom stereocenters. The Morgan fingerprint density at radius 3 is 2.34 bits per heavy atom. The first kappa shape index (κ1) is 23.2. The van der Waals surface area contributed by atoms with Crippen LogP contribution in [-0.2, 0) is 6.54 Å². The smallest absolute Gasteiger partial charge is 0.307 e. The molecule has 2 heterocycles. The molecule has 2 aromatic heterocycles. The van der Waals surface area contributed by atoms with Crippen LogP contribution in [0.2, 0.25) is 0 Å². The highest BCUT2D eigenvalue weighted by Gasteiger charge is 2.17. The Morgan fingerprint density at radius 1 is 1.00 bits per heavy atom. The van der Waals surface area contributed by atoms with Crippen molar-refractivity contribution in [2.75, 3.05) is 5.32 Å². The number of furan rings is 1. The minimum atomic E-state index is -0.638. The summed E-state index contributed by atoms with van der Waals surface area (Å²) in [6.07, 6.45) is 2.35. The number of non-ortho nitro benzene ring substituents is 1. The van der Waals surface area contributed by atoms with Crippen molar-refractivity contribution in [1.82, 2.24) is 9.78 Å². The zero-order valence-corrected chi connectivity index (χ0v) is 18.6. The number of amides is 1. The van der Waals surface area contributed by atoms with Gasteiger partial charge in [0.15, 0.2) is 5.76 Å². The summed E-state index contributed by atoms with van der Waals surface area (Å²) in [5.41, 5.74) is 1.65. The minimum Gasteiger partial charge on any atom is -0.457 e. The number of nitro groups is 2. The van der Waals surface area contributed by atoms with E-state index in [0.717, 1.165) is 17.3 Å². The first-order valence-corrected chi connectivity index (χ1v) is 10.3. The Balaban J connectivity index is 1.51. The summed E-state index contributed by atoms with van der Waals surface area (Å²) in [4.78, 5) is 33.7.